The Morgan fingerprint density at radius 2 is 1.94 bits per heavy atom. The molecule has 1 aromatic carbocycles. The van der Waals surface area contributed by atoms with E-state index < -0.39 is 17.4 Å². The minimum Gasteiger partial charge on any atom is -0.504 e. The number of fused-ring (bicyclic) bond motifs is 3. The van der Waals surface area contributed by atoms with E-state index in [-0.39, 0.29) is 29.2 Å². The number of H-pyrrole nitrogens is 1. The van der Waals surface area contributed by atoms with Gasteiger partial charge in [-0.25, -0.2) is 8.78 Å². The number of ether oxygens (including phenoxy) is 1. The number of nitrogens with one attached hydrogen (secondary N) is 1. The van der Waals surface area contributed by atoms with Crippen LogP contribution in [0.4, 0.5) is 8.78 Å². The highest BCUT2D eigenvalue weighted by Crippen LogP contribution is 2.46. The van der Waals surface area contributed by atoms with Crippen molar-refractivity contribution in [1.82, 2.24) is 25.0 Å². The number of aromatic nitrogens is 3. The summed E-state index contributed by atoms with van der Waals surface area (Å²) in [6, 6.07) is 3.38. The van der Waals surface area contributed by atoms with Crippen molar-refractivity contribution >= 4 is 16.9 Å². The minimum atomic E-state index is -1.04. The maximum Gasteiger partial charge on any atom is 0.246 e. The molecule has 2 atom stereocenters. The monoisotopic (exact) mass is 481 g/mol. The van der Waals surface area contributed by atoms with Gasteiger partial charge in [0.15, 0.2) is 17.2 Å². The third kappa shape index (κ3) is 3.86. The number of nitrogens with zero attached hydrogens (tertiary/aromatic N) is 4. The first-order chi connectivity index (χ1) is 16.9. The van der Waals surface area contributed by atoms with E-state index in [1.807, 2.05) is 4.90 Å². The average molecular weight is 482 g/mol. The molecule has 2 saturated heterocycles. The molecule has 2 unspecified atom stereocenters. The zero-order chi connectivity index (χ0) is 24.3. The van der Waals surface area contributed by atoms with Gasteiger partial charge in [0.25, 0.3) is 0 Å². The number of morpholine rings is 1. The molecule has 6 rings (SSSR count). The quantitative estimate of drug-likeness (QED) is 0.544. The SMILES string of the molecule is C=CC(=O)N1C2COCC1CN(Cc1[nH]c3nnc(-c4cc(F)cc(F)c4O)cc3c1C1CC1)C2. The number of phenolic OH excluding ortho intramolecular Hbond substituents is 1. The van der Waals surface area contributed by atoms with Gasteiger partial charge in [-0.15, -0.1) is 10.2 Å². The van der Waals surface area contributed by atoms with Crippen molar-refractivity contribution in [2.24, 2.45) is 0 Å². The Hall–Kier alpha value is -3.37. The number of benzene rings is 1. The highest BCUT2D eigenvalue weighted by molar-refractivity contribution is 5.88. The fourth-order valence-electron chi connectivity index (χ4n) is 5.49. The van der Waals surface area contributed by atoms with E-state index in [0.29, 0.717) is 50.5 Å². The summed E-state index contributed by atoms with van der Waals surface area (Å²) >= 11 is 0. The summed E-state index contributed by atoms with van der Waals surface area (Å²) in [5, 5.41) is 19.4. The van der Waals surface area contributed by atoms with Crippen LogP contribution >= 0.6 is 0 Å². The van der Waals surface area contributed by atoms with Crippen LogP contribution in [0.25, 0.3) is 22.3 Å². The first-order valence-electron chi connectivity index (χ1n) is 11.7. The van der Waals surface area contributed by atoms with Gasteiger partial charge in [0.05, 0.1) is 31.0 Å². The summed E-state index contributed by atoms with van der Waals surface area (Å²) in [7, 11) is 0. The molecule has 2 bridgehead atoms. The molecule has 3 aliphatic rings. The van der Waals surface area contributed by atoms with E-state index in [0.717, 1.165) is 35.6 Å². The molecule has 1 aliphatic carbocycles. The standard InChI is InChI=1S/C25H25F2N5O3/c1-2-22(33)32-15-8-31(9-16(32)12-35-11-15)10-21-23(13-3-4-13)18-7-20(29-30-25(18)28-21)17-5-14(26)6-19(27)24(17)34/h2,5-7,13,15-16,34H,1,3-4,8-12H2,(H,28,30). The second-order valence-corrected chi connectivity index (χ2v) is 9.56. The van der Waals surface area contributed by atoms with Crippen LogP contribution < -0.4 is 0 Å². The molecule has 0 spiro atoms. The second-order valence-electron chi connectivity index (χ2n) is 9.56. The normalized spacial score (nSPS) is 22.5. The minimum absolute atomic E-state index is 0.0287. The molecule has 2 aromatic heterocycles. The molecule has 3 aromatic rings. The summed E-state index contributed by atoms with van der Waals surface area (Å²) < 4.78 is 33.5. The summed E-state index contributed by atoms with van der Waals surface area (Å²) in [6.07, 6.45) is 3.47. The largest absolute Gasteiger partial charge is 0.504 e. The number of carbonyl (C=O) groups is 1. The van der Waals surface area contributed by atoms with Crippen molar-refractivity contribution in [3.63, 3.8) is 0 Å². The van der Waals surface area contributed by atoms with Gasteiger partial charge in [-0.2, -0.15) is 0 Å². The number of hydrogen-bond acceptors (Lipinski definition) is 6. The lowest BCUT2D eigenvalue weighted by molar-refractivity contribution is -0.150. The zero-order valence-electron chi connectivity index (χ0n) is 19.0. The molecular formula is C25H25F2N5O3. The van der Waals surface area contributed by atoms with Gasteiger partial charge in [-0.1, -0.05) is 6.58 Å². The number of piperazine rings is 1. The zero-order valence-corrected chi connectivity index (χ0v) is 19.0. The number of phenols is 1. The number of rotatable bonds is 5. The number of aromatic amines is 1. The van der Waals surface area contributed by atoms with E-state index in [2.05, 4.69) is 26.7 Å². The van der Waals surface area contributed by atoms with E-state index in [4.69, 9.17) is 4.74 Å². The van der Waals surface area contributed by atoms with Crippen LogP contribution in [0.1, 0.15) is 30.0 Å². The fourth-order valence-corrected chi connectivity index (χ4v) is 5.49. The Kier molecular flexibility index (Phi) is 5.30. The molecule has 2 N–H and O–H groups in total. The van der Waals surface area contributed by atoms with E-state index in [9.17, 15) is 18.7 Å². The van der Waals surface area contributed by atoms with E-state index >= 15 is 0 Å². The molecule has 8 nitrogen and oxygen atoms in total. The second kappa shape index (κ2) is 8.39. The van der Waals surface area contributed by atoms with Gasteiger partial charge in [0, 0.05) is 42.3 Å². The molecule has 182 valence electrons. The van der Waals surface area contributed by atoms with Gasteiger partial charge in [-0.05, 0) is 42.5 Å². The highest BCUT2D eigenvalue weighted by Gasteiger charge is 2.40. The number of aromatic hydroxyl groups is 1. The number of halogens is 2. The Morgan fingerprint density at radius 1 is 1.20 bits per heavy atom. The Morgan fingerprint density at radius 3 is 2.63 bits per heavy atom. The lowest BCUT2D eigenvalue weighted by atomic mass is 10.0. The summed E-state index contributed by atoms with van der Waals surface area (Å²) in [6.45, 7) is 6.65. The Bertz CT molecular complexity index is 1320. The lowest BCUT2D eigenvalue weighted by Gasteiger charge is -2.49. The first kappa shape index (κ1) is 22.1. The van der Waals surface area contributed by atoms with Crippen molar-refractivity contribution in [3.8, 4) is 17.0 Å². The van der Waals surface area contributed by atoms with Crippen LogP contribution in [-0.4, -0.2) is 74.4 Å². The van der Waals surface area contributed by atoms with Crippen LogP contribution in [0.5, 0.6) is 5.75 Å². The van der Waals surface area contributed by atoms with Crippen LogP contribution in [0, 0.1) is 11.6 Å². The molecular weight excluding hydrogens is 456 g/mol. The molecule has 4 heterocycles. The van der Waals surface area contributed by atoms with Gasteiger partial charge < -0.3 is 19.7 Å². The number of carbonyl (C=O) groups excluding carboxylic acids is 1. The van der Waals surface area contributed by atoms with Gasteiger partial charge >= 0.3 is 0 Å². The summed E-state index contributed by atoms with van der Waals surface area (Å²) in [5.74, 6) is -2.17. The molecule has 1 amide bonds. The van der Waals surface area contributed by atoms with Crippen LogP contribution in [0.15, 0.2) is 30.9 Å². The Balaban J connectivity index is 1.33. The van der Waals surface area contributed by atoms with Crippen molar-refractivity contribution in [3.05, 3.63) is 53.7 Å². The topological polar surface area (TPSA) is 94.6 Å². The number of amides is 1. The van der Waals surface area contributed by atoms with Gasteiger partial charge in [0.1, 0.15) is 5.82 Å². The molecule has 3 fully saturated rings. The van der Waals surface area contributed by atoms with Crippen molar-refractivity contribution in [2.45, 2.75) is 37.4 Å². The molecule has 35 heavy (non-hydrogen) atoms. The van der Waals surface area contributed by atoms with E-state index in [1.54, 1.807) is 6.07 Å². The van der Waals surface area contributed by atoms with Crippen LogP contribution in [-0.2, 0) is 16.1 Å². The van der Waals surface area contributed by atoms with Crippen molar-refractivity contribution in [2.75, 3.05) is 26.3 Å². The number of hydrogen-bond donors (Lipinski definition) is 2. The van der Waals surface area contributed by atoms with Crippen LogP contribution in [0.3, 0.4) is 0 Å². The summed E-state index contributed by atoms with van der Waals surface area (Å²) in [4.78, 5) is 20.0. The molecule has 0 radical (unpaired) electrons. The Labute approximate surface area is 200 Å². The maximum absolute atomic E-state index is 13.9. The lowest BCUT2D eigenvalue weighted by Crippen LogP contribution is -2.65. The molecule has 1 saturated carbocycles. The molecule has 10 heteroatoms. The predicted molar refractivity (Wildman–Crippen MR) is 124 cm³/mol. The summed E-state index contributed by atoms with van der Waals surface area (Å²) in [5.41, 5.74) is 2.96. The van der Waals surface area contributed by atoms with Gasteiger partial charge in [-0.3, -0.25) is 9.69 Å². The predicted octanol–water partition coefficient (Wildman–Crippen LogP) is 3.08. The third-order valence-electron chi connectivity index (χ3n) is 7.12. The smallest absolute Gasteiger partial charge is 0.246 e. The van der Waals surface area contributed by atoms with Crippen molar-refractivity contribution < 1.29 is 23.4 Å². The fraction of sp³-hybridized carbons (Fsp3) is 0.400. The maximum atomic E-state index is 13.9. The van der Waals surface area contributed by atoms with Crippen molar-refractivity contribution in [1.29, 1.82) is 0 Å². The highest BCUT2D eigenvalue weighted by atomic mass is 19.1. The van der Waals surface area contributed by atoms with Crippen LogP contribution in [0.2, 0.25) is 0 Å². The third-order valence-corrected chi connectivity index (χ3v) is 7.12. The van der Waals surface area contributed by atoms with E-state index in [1.165, 1.54) is 6.08 Å². The first-order valence-corrected chi connectivity index (χ1v) is 11.7. The average Bonchev–Trinajstić information content (AvgIpc) is 3.60. The molecule has 2 aliphatic heterocycles. The van der Waals surface area contributed by atoms with Gasteiger partial charge in [0.2, 0.25) is 5.91 Å².